The Kier molecular flexibility index (Phi) is 4.22. The Labute approximate surface area is 143 Å². The summed E-state index contributed by atoms with van der Waals surface area (Å²) < 4.78 is 0. The number of hydrogen-bond donors (Lipinski definition) is 1. The van der Waals surface area contributed by atoms with Gasteiger partial charge in [-0.15, -0.1) is 0 Å². The second-order valence-electron chi connectivity index (χ2n) is 6.17. The SMILES string of the molecule is Cc1ccccc1-c1cccc(C)c1-c1c(C)cccc1C(N)=O. The molecule has 0 saturated heterocycles. The summed E-state index contributed by atoms with van der Waals surface area (Å²) in [6.45, 7) is 6.21. The van der Waals surface area contributed by atoms with E-state index in [0.717, 1.165) is 27.8 Å². The van der Waals surface area contributed by atoms with E-state index in [2.05, 4.69) is 44.2 Å². The molecule has 3 aromatic rings. The van der Waals surface area contributed by atoms with Crippen molar-refractivity contribution in [2.45, 2.75) is 20.8 Å². The number of carbonyl (C=O) groups is 1. The van der Waals surface area contributed by atoms with Crippen LogP contribution in [0.15, 0.2) is 60.7 Å². The van der Waals surface area contributed by atoms with Crippen LogP contribution >= 0.6 is 0 Å². The van der Waals surface area contributed by atoms with E-state index in [9.17, 15) is 4.79 Å². The minimum atomic E-state index is -0.396. The fourth-order valence-electron chi connectivity index (χ4n) is 3.30. The second-order valence-corrected chi connectivity index (χ2v) is 6.17. The third kappa shape index (κ3) is 2.71. The number of amides is 1. The smallest absolute Gasteiger partial charge is 0.249 e. The van der Waals surface area contributed by atoms with Gasteiger partial charge in [0, 0.05) is 5.56 Å². The Morgan fingerprint density at radius 2 is 1.21 bits per heavy atom. The van der Waals surface area contributed by atoms with Gasteiger partial charge in [0.1, 0.15) is 0 Å². The van der Waals surface area contributed by atoms with Crippen LogP contribution in [-0.4, -0.2) is 5.91 Å². The highest BCUT2D eigenvalue weighted by Gasteiger charge is 2.18. The lowest BCUT2D eigenvalue weighted by Crippen LogP contribution is -2.13. The lowest BCUT2D eigenvalue weighted by Gasteiger charge is -2.19. The van der Waals surface area contributed by atoms with Gasteiger partial charge in [-0.1, -0.05) is 54.6 Å². The van der Waals surface area contributed by atoms with E-state index >= 15 is 0 Å². The quantitative estimate of drug-likeness (QED) is 0.722. The lowest BCUT2D eigenvalue weighted by atomic mass is 9.85. The normalized spacial score (nSPS) is 10.6. The molecule has 0 fully saturated rings. The van der Waals surface area contributed by atoms with Crippen molar-refractivity contribution in [1.82, 2.24) is 0 Å². The third-order valence-corrected chi connectivity index (χ3v) is 4.50. The van der Waals surface area contributed by atoms with Crippen LogP contribution in [0, 0.1) is 20.8 Å². The summed E-state index contributed by atoms with van der Waals surface area (Å²) in [5, 5.41) is 0. The Morgan fingerprint density at radius 1 is 0.667 bits per heavy atom. The van der Waals surface area contributed by atoms with E-state index in [0.29, 0.717) is 5.56 Å². The molecule has 2 heteroatoms. The Balaban J connectivity index is 2.40. The number of carbonyl (C=O) groups excluding carboxylic acids is 1. The van der Waals surface area contributed by atoms with E-state index in [1.807, 2.05) is 31.2 Å². The average molecular weight is 315 g/mol. The van der Waals surface area contributed by atoms with Crippen LogP contribution in [0.3, 0.4) is 0 Å². The Bertz CT molecular complexity index is 925. The summed E-state index contributed by atoms with van der Waals surface area (Å²) in [4.78, 5) is 12.0. The minimum Gasteiger partial charge on any atom is -0.366 e. The van der Waals surface area contributed by atoms with Gasteiger partial charge >= 0.3 is 0 Å². The highest BCUT2D eigenvalue weighted by atomic mass is 16.1. The number of rotatable bonds is 3. The monoisotopic (exact) mass is 315 g/mol. The zero-order valence-corrected chi connectivity index (χ0v) is 14.3. The van der Waals surface area contributed by atoms with Crippen molar-refractivity contribution in [2.24, 2.45) is 5.73 Å². The molecule has 2 nitrogen and oxygen atoms in total. The molecular weight excluding hydrogens is 294 g/mol. The van der Waals surface area contributed by atoms with Crippen LogP contribution in [0.2, 0.25) is 0 Å². The van der Waals surface area contributed by atoms with Crippen molar-refractivity contribution in [2.75, 3.05) is 0 Å². The van der Waals surface area contributed by atoms with E-state index < -0.39 is 5.91 Å². The molecule has 120 valence electrons. The highest BCUT2D eigenvalue weighted by Crippen LogP contribution is 2.39. The maximum absolute atomic E-state index is 12.0. The molecule has 3 rings (SSSR count). The van der Waals surface area contributed by atoms with Crippen LogP contribution in [-0.2, 0) is 0 Å². The van der Waals surface area contributed by atoms with Crippen molar-refractivity contribution < 1.29 is 4.79 Å². The predicted molar refractivity (Wildman–Crippen MR) is 100 cm³/mol. The zero-order valence-electron chi connectivity index (χ0n) is 14.3. The molecule has 1 amide bonds. The van der Waals surface area contributed by atoms with Crippen molar-refractivity contribution in [3.8, 4) is 22.3 Å². The van der Waals surface area contributed by atoms with E-state index in [4.69, 9.17) is 5.73 Å². The minimum absolute atomic E-state index is 0.396. The molecule has 0 atom stereocenters. The molecule has 3 aromatic carbocycles. The number of hydrogen-bond acceptors (Lipinski definition) is 1. The molecule has 0 radical (unpaired) electrons. The first kappa shape index (κ1) is 16.0. The zero-order chi connectivity index (χ0) is 17.3. The lowest BCUT2D eigenvalue weighted by molar-refractivity contribution is 0.100. The average Bonchev–Trinajstić information content (AvgIpc) is 2.55. The summed E-state index contributed by atoms with van der Waals surface area (Å²) in [5.74, 6) is -0.396. The van der Waals surface area contributed by atoms with Crippen molar-refractivity contribution in [1.29, 1.82) is 0 Å². The van der Waals surface area contributed by atoms with Gasteiger partial charge in [0.25, 0.3) is 0 Å². The third-order valence-electron chi connectivity index (χ3n) is 4.50. The van der Waals surface area contributed by atoms with Gasteiger partial charge in [-0.2, -0.15) is 0 Å². The maximum atomic E-state index is 12.0. The van der Waals surface area contributed by atoms with E-state index in [-0.39, 0.29) is 0 Å². The van der Waals surface area contributed by atoms with Crippen molar-refractivity contribution in [3.05, 3.63) is 82.9 Å². The molecule has 0 unspecified atom stereocenters. The molecule has 0 bridgehead atoms. The molecule has 0 saturated carbocycles. The molecule has 0 aliphatic heterocycles. The standard InChI is InChI=1S/C22H21NO/c1-14-8-4-5-11-17(14)18-12-6-9-15(2)20(18)21-16(3)10-7-13-19(21)22(23)24/h4-13H,1-3H3,(H2,23,24). The number of benzene rings is 3. The van der Waals surface area contributed by atoms with Gasteiger partial charge in [-0.25, -0.2) is 0 Å². The van der Waals surface area contributed by atoms with Gasteiger partial charge in [-0.05, 0) is 65.8 Å². The first-order valence-electron chi connectivity index (χ1n) is 8.06. The van der Waals surface area contributed by atoms with Gasteiger partial charge in [0.05, 0.1) is 0 Å². The molecule has 24 heavy (non-hydrogen) atoms. The summed E-state index contributed by atoms with van der Waals surface area (Å²) in [5.41, 5.74) is 13.9. The first-order chi connectivity index (χ1) is 11.5. The summed E-state index contributed by atoms with van der Waals surface area (Å²) >= 11 is 0. The molecule has 0 aliphatic carbocycles. The Morgan fingerprint density at radius 3 is 1.88 bits per heavy atom. The summed E-state index contributed by atoms with van der Waals surface area (Å²) in [7, 11) is 0. The number of nitrogens with two attached hydrogens (primary N) is 1. The van der Waals surface area contributed by atoms with Crippen molar-refractivity contribution in [3.63, 3.8) is 0 Å². The fourth-order valence-corrected chi connectivity index (χ4v) is 3.30. The predicted octanol–water partition coefficient (Wildman–Crippen LogP) is 5.04. The topological polar surface area (TPSA) is 43.1 Å². The molecule has 2 N–H and O–H groups in total. The fraction of sp³-hybridized carbons (Fsp3) is 0.136. The number of aryl methyl sites for hydroxylation is 3. The van der Waals surface area contributed by atoms with E-state index in [1.54, 1.807) is 6.07 Å². The molecule has 0 spiro atoms. The maximum Gasteiger partial charge on any atom is 0.249 e. The van der Waals surface area contributed by atoms with Gasteiger partial charge in [-0.3, -0.25) is 4.79 Å². The van der Waals surface area contributed by atoms with Crippen LogP contribution in [0.25, 0.3) is 22.3 Å². The second kappa shape index (κ2) is 6.32. The molecule has 0 aliphatic rings. The summed E-state index contributed by atoms with van der Waals surface area (Å²) in [6.07, 6.45) is 0. The van der Waals surface area contributed by atoms with Crippen LogP contribution in [0.5, 0.6) is 0 Å². The van der Waals surface area contributed by atoms with Crippen LogP contribution in [0.1, 0.15) is 27.0 Å². The van der Waals surface area contributed by atoms with E-state index in [1.165, 1.54) is 11.1 Å². The van der Waals surface area contributed by atoms with Crippen LogP contribution in [0.4, 0.5) is 0 Å². The number of primary amides is 1. The Hall–Kier alpha value is -2.87. The first-order valence-corrected chi connectivity index (χ1v) is 8.06. The van der Waals surface area contributed by atoms with Gasteiger partial charge in [0.15, 0.2) is 0 Å². The van der Waals surface area contributed by atoms with Crippen LogP contribution < -0.4 is 5.73 Å². The van der Waals surface area contributed by atoms with Gasteiger partial charge < -0.3 is 5.73 Å². The summed E-state index contributed by atoms with van der Waals surface area (Å²) in [6, 6.07) is 20.3. The highest BCUT2D eigenvalue weighted by molar-refractivity contribution is 6.03. The molecular formula is C22H21NO. The largest absolute Gasteiger partial charge is 0.366 e. The van der Waals surface area contributed by atoms with Crippen molar-refractivity contribution >= 4 is 5.91 Å². The molecule has 0 aromatic heterocycles. The van der Waals surface area contributed by atoms with Gasteiger partial charge in [0.2, 0.25) is 5.91 Å². The molecule has 0 heterocycles.